The molecule has 0 aromatic heterocycles. The van der Waals surface area contributed by atoms with Crippen LogP contribution in [0.4, 0.5) is 11.4 Å². The second kappa shape index (κ2) is 17.0. The SMILES string of the molecule is Cc1cc(C)c(-c2cccc(-c3c(C)cc(C)cc3C)c2N2P3C(c4ccccc4)=C(c4ccccc4)P2N3c2c(-c3c(C)cc(C)cc3C)cccc2-c2c(C)cc(C)cc2C)c(C)c1. The molecule has 66 heavy (non-hydrogen) atoms. The third-order valence-corrected chi connectivity index (χ3v) is 19.9. The van der Waals surface area contributed by atoms with E-state index < -0.39 is 16.4 Å². The van der Waals surface area contributed by atoms with Crippen LogP contribution in [-0.2, 0) is 0 Å². The summed E-state index contributed by atoms with van der Waals surface area (Å²) in [7, 11) is -2.31. The predicted molar refractivity (Wildman–Crippen MR) is 290 cm³/mol. The summed E-state index contributed by atoms with van der Waals surface area (Å²) in [6.45, 7) is 27.4. The van der Waals surface area contributed by atoms with Gasteiger partial charge in [-0.1, -0.05) is 168 Å². The second-order valence-electron chi connectivity index (χ2n) is 19.1. The number of nitrogens with zero attached hydrogens (tertiary/aromatic N) is 2. The van der Waals surface area contributed by atoms with Gasteiger partial charge in [-0.25, -0.2) is 0 Å². The van der Waals surface area contributed by atoms with Crippen LogP contribution in [0, 0.1) is 83.1 Å². The summed E-state index contributed by atoms with van der Waals surface area (Å²) in [4.78, 5) is 0. The molecule has 0 amide bonds. The molecule has 2 nitrogen and oxygen atoms in total. The van der Waals surface area contributed by atoms with Crippen LogP contribution in [0.1, 0.15) is 77.9 Å². The van der Waals surface area contributed by atoms with E-state index in [1.54, 1.807) is 0 Å². The van der Waals surface area contributed by atoms with Crippen LogP contribution in [0.2, 0.25) is 0 Å². The fourth-order valence-electron chi connectivity index (χ4n) is 11.7. The Morgan fingerprint density at radius 1 is 0.273 bits per heavy atom. The Balaban J connectivity index is 1.35. The summed E-state index contributed by atoms with van der Waals surface area (Å²) in [6.07, 6.45) is 0. The topological polar surface area (TPSA) is 6.48 Å². The van der Waals surface area contributed by atoms with Crippen molar-refractivity contribution in [1.82, 2.24) is 0 Å². The summed E-state index contributed by atoms with van der Waals surface area (Å²) in [5.74, 6) is 0. The van der Waals surface area contributed by atoms with E-state index in [0.29, 0.717) is 0 Å². The largest absolute Gasteiger partial charge is 0.285 e. The van der Waals surface area contributed by atoms with Gasteiger partial charge in [-0.15, -0.1) is 0 Å². The summed E-state index contributed by atoms with van der Waals surface area (Å²) >= 11 is 0. The number of para-hydroxylation sites is 2. The maximum absolute atomic E-state index is 2.95. The first kappa shape index (κ1) is 43.8. The van der Waals surface area contributed by atoms with Gasteiger partial charge >= 0.3 is 0 Å². The molecule has 0 aliphatic carbocycles. The van der Waals surface area contributed by atoms with Crippen LogP contribution in [-0.4, -0.2) is 0 Å². The molecule has 11 rings (SSSR count). The van der Waals surface area contributed by atoms with E-state index in [1.165, 1.54) is 144 Å². The normalized spacial score (nSPS) is 15.5. The lowest BCUT2D eigenvalue weighted by Gasteiger charge is -2.55. The summed E-state index contributed by atoms with van der Waals surface area (Å²) in [5.41, 5.74) is 31.6. The Morgan fingerprint density at radius 3 is 0.727 bits per heavy atom. The van der Waals surface area contributed by atoms with Crippen molar-refractivity contribution >= 4 is 38.4 Å². The van der Waals surface area contributed by atoms with Gasteiger partial charge in [0, 0.05) is 32.9 Å². The Kier molecular flexibility index (Phi) is 11.3. The number of benzene rings is 8. The molecule has 0 radical (unpaired) electrons. The minimum atomic E-state index is -1.16. The van der Waals surface area contributed by atoms with Crippen molar-refractivity contribution in [3.05, 3.63) is 223 Å². The Bertz CT molecular complexity index is 2820. The maximum atomic E-state index is 2.95. The minimum Gasteiger partial charge on any atom is -0.285 e. The zero-order chi connectivity index (χ0) is 46.3. The molecule has 0 N–H and O–H groups in total. The molecule has 3 aliphatic rings. The van der Waals surface area contributed by atoms with Crippen molar-refractivity contribution < 1.29 is 0 Å². The van der Waals surface area contributed by atoms with Crippen molar-refractivity contribution in [3.63, 3.8) is 0 Å². The molecule has 1 saturated heterocycles. The fraction of sp³-hybridized carbons (Fsp3) is 0.194. The van der Waals surface area contributed by atoms with E-state index >= 15 is 0 Å². The van der Waals surface area contributed by atoms with E-state index in [0.717, 1.165) is 0 Å². The standard InChI is InChI=1S/C62H60N2P2/c1-37-29-41(5)55(42(6)30-37)51-25-19-26-52(56-43(7)31-38(2)32-44(56)8)59(51)63-65-61(49-21-15-13-16-22-49)62(50-23-17-14-18-24-50)66(63)64(65)60-53(57-45(9)33-39(3)34-46(57)10)27-20-28-54(60)58-47(11)35-40(4)36-48(58)12/h13-36H,1-12H3. The van der Waals surface area contributed by atoms with Crippen molar-refractivity contribution in [3.8, 4) is 44.5 Å². The van der Waals surface area contributed by atoms with Crippen LogP contribution in [0.3, 0.4) is 0 Å². The van der Waals surface area contributed by atoms with E-state index in [1.807, 2.05) is 0 Å². The molecule has 8 aromatic carbocycles. The highest BCUT2D eigenvalue weighted by Crippen LogP contribution is 2.95. The van der Waals surface area contributed by atoms with Crippen molar-refractivity contribution in [2.75, 3.05) is 8.88 Å². The van der Waals surface area contributed by atoms with Gasteiger partial charge in [0.25, 0.3) is 0 Å². The molecule has 3 aliphatic heterocycles. The minimum absolute atomic E-state index is 1.16. The van der Waals surface area contributed by atoms with Crippen LogP contribution in [0.15, 0.2) is 146 Å². The highest BCUT2D eigenvalue weighted by Gasteiger charge is 2.61. The predicted octanol–water partition coefficient (Wildman–Crippen LogP) is 18.5. The van der Waals surface area contributed by atoms with Crippen molar-refractivity contribution in [2.24, 2.45) is 0 Å². The van der Waals surface area contributed by atoms with Crippen LogP contribution < -0.4 is 8.88 Å². The molecule has 4 heteroatoms. The quantitative estimate of drug-likeness (QED) is 0.140. The van der Waals surface area contributed by atoms with Crippen LogP contribution in [0.5, 0.6) is 0 Å². The highest BCUT2D eigenvalue weighted by atomic mass is 31.3. The zero-order valence-electron chi connectivity index (χ0n) is 40.6. The molecular formula is C62H60N2P2. The van der Waals surface area contributed by atoms with Crippen molar-refractivity contribution in [1.29, 1.82) is 0 Å². The molecule has 3 heterocycles. The molecule has 2 bridgehead atoms. The van der Waals surface area contributed by atoms with Gasteiger partial charge in [-0.2, -0.15) is 0 Å². The van der Waals surface area contributed by atoms with Gasteiger partial charge in [-0.05, 0) is 161 Å². The van der Waals surface area contributed by atoms with E-state index in [2.05, 4.69) is 238 Å². The average Bonchev–Trinajstić information content (AvgIpc) is 3.78. The zero-order valence-corrected chi connectivity index (χ0v) is 42.4. The maximum Gasteiger partial charge on any atom is 0.140 e. The number of aryl methyl sites for hydroxylation is 12. The lowest BCUT2D eigenvalue weighted by molar-refractivity contribution is 1.30. The van der Waals surface area contributed by atoms with Gasteiger partial charge < -0.3 is 0 Å². The first-order chi connectivity index (χ1) is 31.7. The Labute approximate surface area is 396 Å². The van der Waals surface area contributed by atoms with Crippen LogP contribution >= 0.6 is 16.4 Å². The number of rotatable bonds is 8. The van der Waals surface area contributed by atoms with E-state index in [9.17, 15) is 0 Å². The van der Waals surface area contributed by atoms with E-state index in [-0.39, 0.29) is 0 Å². The number of anilines is 2. The fourth-order valence-corrected chi connectivity index (χ4v) is 19.1. The van der Waals surface area contributed by atoms with Gasteiger partial charge in [0.1, 0.15) is 16.4 Å². The van der Waals surface area contributed by atoms with Crippen LogP contribution in [0.25, 0.3) is 55.1 Å². The van der Waals surface area contributed by atoms with Crippen molar-refractivity contribution in [2.45, 2.75) is 83.1 Å². The molecular weight excluding hydrogens is 835 g/mol. The summed E-state index contributed by atoms with van der Waals surface area (Å²) < 4.78 is 5.89. The lowest BCUT2D eigenvalue weighted by atomic mass is 9.87. The van der Waals surface area contributed by atoms with E-state index in [4.69, 9.17) is 0 Å². The third-order valence-electron chi connectivity index (χ3n) is 13.7. The molecule has 0 atom stereocenters. The molecule has 0 spiro atoms. The van der Waals surface area contributed by atoms with Gasteiger partial charge in [0.05, 0.1) is 11.4 Å². The molecule has 0 unspecified atom stereocenters. The molecule has 328 valence electrons. The highest BCUT2D eigenvalue weighted by molar-refractivity contribution is 8.08. The second-order valence-corrected chi connectivity index (χ2v) is 23.4. The first-order valence-corrected chi connectivity index (χ1v) is 25.9. The Hall–Kier alpha value is -6.04. The molecule has 1 fully saturated rings. The number of hydrogen-bond donors (Lipinski definition) is 0. The number of hydrogen-bond acceptors (Lipinski definition) is 2. The summed E-state index contributed by atoms with van der Waals surface area (Å²) in [5, 5.41) is 2.91. The lowest BCUT2D eigenvalue weighted by Crippen LogP contribution is -2.34. The van der Waals surface area contributed by atoms with Gasteiger partial charge in [0.15, 0.2) is 0 Å². The molecule has 0 saturated carbocycles. The Morgan fingerprint density at radius 2 is 0.500 bits per heavy atom. The first-order valence-electron chi connectivity index (χ1n) is 23.4. The average molecular weight is 895 g/mol. The summed E-state index contributed by atoms with van der Waals surface area (Å²) in [6, 6.07) is 56.0. The monoisotopic (exact) mass is 894 g/mol. The smallest absolute Gasteiger partial charge is 0.140 e. The third kappa shape index (κ3) is 7.17. The van der Waals surface area contributed by atoms with Gasteiger partial charge in [-0.3, -0.25) is 8.88 Å². The van der Waals surface area contributed by atoms with Gasteiger partial charge in [0.2, 0.25) is 0 Å². The molecule has 8 aromatic rings.